The summed E-state index contributed by atoms with van der Waals surface area (Å²) in [5, 5.41) is 19.0. The SMILES string of the molecule is N#CC1=Cc2ccccc2CN1n1nccn1. The Kier molecular flexibility index (Phi) is 2.12. The summed E-state index contributed by atoms with van der Waals surface area (Å²) in [5.41, 5.74) is 2.77. The fourth-order valence-corrected chi connectivity index (χ4v) is 1.87. The molecule has 82 valence electrons. The van der Waals surface area contributed by atoms with Gasteiger partial charge in [0.2, 0.25) is 0 Å². The van der Waals surface area contributed by atoms with Gasteiger partial charge < -0.3 is 0 Å². The molecule has 0 radical (unpaired) electrons. The van der Waals surface area contributed by atoms with Crippen molar-refractivity contribution in [1.29, 1.82) is 5.26 Å². The second-order valence-electron chi connectivity index (χ2n) is 3.70. The van der Waals surface area contributed by atoms with Gasteiger partial charge >= 0.3 is 0 Å². The van der Waals surface area contributed by atoms with Gasteiger partial charge in [-0.25, -0.2) is 5.01 Å². The van der Waals surface area contributed by atoms with Gasteiger partial charge in [0, 0.05) is 0 Å². The van der Waals surface area contributed by atoms with Gasteiger partial charge in [-0.1, -0.05) is 29.2 Å². The van der Waals surface area contributed by atoms with Crippen molar-refractivity contribution in [2.24, 2.45) is 0 Å². The average Bonchev–Trinajstić information content (AvgIpc) is 2.91. The summed E-state index contributed by atoms with van der Waals surface area (Å²) in [5.74, 6) is 0. The molecule has 0 saturated carbocycles. The molecule has 2 heterocycles. The van der Waals surface area contributed by atoms with Gasteiger partial charge in [-0.2, -0.15) is 5.26 Å². The van der Waals surface area contributed by atoms with Gasteiger partial charge in [0.25, 0.3) is 0 Å². The molecule has 2 aromatic rings. The molecule has 1 aliphatic rings. The van der Waals surface area contributed by atoms with Crippen LogP contribution in [0.3, 0.4) is 0 Å². The minimum absolute atomic E-state index is 0.542. The Bertz CT molecular complexity index is 606. The summed E-state index contributed by atoms with van der Waals surface area (Å²) in [6.07, 6.45) is 5.03. The van der Waals surface area contributed by atoms with Gasteiger partial charge in [0.05, 0.1) is 18.9 Å². The predicted molar refractivity (Wildman–Crippen MR) is 62.0 cm³/mol. The molecule has 0 N–H and O–H groups in total. The summed E-state index contributed by atoms with van der Waals surface area (Å²) < 4.78 is 0. The van der Waals surface area contributed by atoms with E-state index in [4.69, 9.17) is 5.26 Å². The average molecular weight is 223 g/mol. The molecule has 1 aromatic heterocycles. The summed E-state index contributed by atoms with van der Waals surface area (Å²) in [6, 6.07) is 10.2. The van der Waals surface area contributed by atoms with E-state index in [1.165, 1.54) is 4.91 Å². The Morgan fingerprint density at radius 1 is 1.18 bits per heavy atom. The monoisotopic (exact) mass is 223 g/mol. The maximum atomic E-state index is 9.16. The van der Waals surface area contributed by atoms with E-state index < -0.39 is 0 Å². The molecule has 1 aliphatic heterocycles. The maximum absolute atomic E-state index is 9.16. The lowest BCUT2D eigenvalue weighted by atomic mass is 10.0. The summed E-state index contributed by atoms with van der Waals surface area (Å²) >= 11 is 0. The van der Waals surface area contributed by atoms with Crippen LogP contribution in [0.25, 0.3) is 6.08 Å². The van der Waals surface area contributed by atoms with E-state index in [1.54, 1.807) is 17.4 Å². The van der Waals surface area contributed by atoms with Crippen molar-refractivity contribution in [2.75, 3.05) is 5.01 Å². The van der Waals surface area contributed by atoms with Crippen LogP contribution in [0.5, 0.6) is 0 Å². The molecule has 0 amide bonds. The third-order valence-electron chi connectivity index (χ3n) is 2.68. The Morgan fingerprint density at radius 3 is 2.71 bits per heavy atom. The van der Waals surface area contributed by atoms with Crippen LogP contribution in [-0.4, -0.2) is 15.1 Å². The maximum Gasteiger partial charge on any atom is 0.139 e. The molecule has 0 saturated heterocycles. The topological polar surface area (TPSA) is 57.7 Å². The number of fused-ring (bicyclic) bond motifs is 1. The van der Waals surface area contributed by atoms with Gasteiger partial charge in [-0.3, -0.25) is 0 Å². The summed E-state index contributed by atoms with van der Waals surface area (Å²) in [4.78, 5) is 1.44. The molecule has 0 fully saturated rings. The lowest BCUT2D eigenvalue weighted by Crippen LogP contribution is -2.36. The zero-order valence-electron chi connectivity index (χ0n) is 8.98. The zero-order chi connectivity index (χ0) is 11.7. The second kappa shape index (κ2) is 3.76. The number of nitriles is 1. The standard InChI is InChI=1S/C12H9N5/c13-8-12-7-10-3-1-2-4-11(10)9-16(12)17-14-5-6-15-17/h1-7H,9H2. The van der Waals surface area contributed by atoms with Gasteiger partial charge in [-0.15, -0.1) is 10.2 Å². The number of allylic oxidation sites excluding steroid dienone is 1. The normalized spacial score (nSPS) is 13.8. The van der Waals surface area contributed by atoms with Crippen LogP contribution in [0.1, 0.15) is 11.1 Å². The highest BCUT2D eigenvalue weighted by Gasteiger charge is 2.19. The molecule has 1 aromatic carbocycles. The molecule has 0 atom stereocenters. The van der Waals surface area contributed by atoms with Crippen LogP contribution in [0.2, 0.25) is 0 Å². The summed E-state index contributed by atoms with van der Waals surface area (Å²) in [7, 11) is 0. The summed E-state index contributed by atoms with van der Waals surface area (Å²) in [6.45, 7) is 0.601. The van der Waals surface area contributed by atoms with E-state index in [-0.39, 0.29) is 0 Å². The quantitative estimate of drug-likeness (QED) is 0.731. The van der Waals surface area contributed by atoms with Crippen molar-refractivity contribution in [3.8, 4) is 6.07 Å². The van der Waals surface area contributed by atoms with E-state index in [2.05, 4.69) is 16.3 Å². The first kappa shape index (κ1) is 9.60. The minimum Gasteiger partial charge on any atom is -0.233 e. The zero-order valence-corrected chi connectivity index (χ0v) is 8.98. The van der Waals surface area contributed by atoms with Crippen LogP contribution in [-0.2, 0) is 6.54 Å². The van der Waals surface area contributed by atoms with Gasteiger partial charge in [0.1, 0.15) is 11.8 Å². The lowest BCUT2D eigenvalue weighted by Gasteiger charge is -2.26. The fourth-order valence-electron chi connectivity index (χ4n) is 1.87. The number of rotatable bonds is 1. The number of hydrogen-bond donors (Lipinski definition) is 0. The highest BCUT2D eigenvalue weighted by atomic mass is 15.8. The van der Waals surface area contributed by atoms with Crippen molar-refractivity contribution in [1.82, 2.24) is 15.1 Å². The third-order valence-corrected chi connectivity index (χ3v) is 2.68. The van der Waals surface area contributed by atoms with Gasteiger partial charge in [-0.05, 0) is 17.2 Å². The van der Waals surface area contributed by atoms with E-state index in [1.807, 2.05) is 30.3 Å². The predicted octanol–water partition coefficient (Wildman–Crippen LogP) is 1.29. The molecule has 0 spiro atoms. The minimum atomic E-state index is 0.542. The molecular formula is C12H9N5. The lowest BCUT2D eigenvalue weighted by molar-refractivity contribution is 0.518. The third kappa shape index (κ3) is 1.56. The largest absolute Gasteiger partial charge is 0.233 e. The van der Waals surface area contributed by atoms with E-state index in [0.29, 0.717) is 12.2 Å². The first-order valence-electron chi connectivity index (χ1n) is 5.22. The smallest absolute Gasteiger partial charge is 0.139 e. The number of hydrogen-bond acceptors (Lipinski definition) is 4. The van der Waals surface area contributed by atoms with E-state index >= 15 is 0 Å². The molecule has 17 heavy (non-hydrogen) atoms. The number of benzene rings is 1. The van der Waals surface area contributed by atoms with E-state index in [9.17, 15) is 0 Å². The molecule has 0 unspecified atom stereocenters. The first-order chi connectivity index (χ1) is 8.38. The first-order valence-corrected chi connectivity index (χ1v) is 5.22. The van der Waals surface area contributed by atoms with Crippen molar-refractivity contribution in [3.63, 3.8) is 0 Å². The second-order valence-corrected chi connectivity index (χ2v) is 3.70. The Balaban J connectivity index is 2.09. The Labute approximate surface area is 98.2 Å². The molecular weight excluding hydrogens is 214 g/mol. The molecule has 5 nitrogen and oxygen atoms in total. The van der Waals surface area contributed by atoms with Crippen LogP contribution in [0.4, 0.5) is 0 Å². The Morgan fingerprint density at radius 2 is 1.94 bits per heavy atom. The van der Waals surface area contributed by atoms with Crippen molar-refractivity contribution in [2.45, 2.75) is 6.54 Å². The Hall–Kier alpha value is -2.61. The van der Waals surface area contributed by atoms with Crippen LogP contribution >= 0.6 is 0 Å². The molecule has 5 heteroatoms. The van der Waals surface area contributed by atoms with Crippen molar-refractivity contribution in [3.05, 3.63) is 53.5 Å². The number of aromatic nitrogens is 3. The highest BCUT2D eigenvalue weighted by molar-refractivity contribution is 5.65. The molecule has 0 bridgehead atoms. The van der Waals surface area contributed by atoms with E-state index in [0.717, 1.165) is 11.1 Å². The fraction of sp³-hybridized carbons (Fsp3) is 0.0833. The van der Waals surface area contributed by atoms with Gasteiger partial charge in [0.15, 0.2) is 0 Å². The van der Waals surface area contributed by atoms with Crippen LogP contribution in [0.15, 0.2) is 42.4 Å². The number of nitrogens with zero attached hydrogens (tertiary/aromatic N) is 5. The van der Waals surface area contributed by atoms with Crippen LogP contribution < -0.4 is 5.01 Å². The molecule has 3 rings (SSSR count). The molecule has 0 aliphatic carbocycles. The van der Waals surface area contributed by atoms with Crippen molar-refractivity contribution >= 4 is 6.08 Å². The highest BCUT2D eigenvalue weighted by Crippen LogP contribution is 2.22. The van der Waals surface area contributed by atoms with Crippen molar-refractivity contribution < 1.29 is 0 Å². The van der Waals surface area contributed by atoms with Crippen LogP contribution in [0, 0.1) is 11.3 Å².